The lowest BCUT2D eigenvalue weighted by molar-refractivity contribution is 0.769. The van der Waals surface area contributed by atoms with Crippen LogP contribution in [0.4, 0.5) is 0 Å². The van der Waals surface area contributed by atoms with E-state index in [0.29, 0.717) is 0 Å². The number of rotatable bonds is 6. The average molecular weight is 708 g/mol. The van der Waals surface area contributed by atoms with Gasteiger partial charge < -0.3 is 4.57 Å². The van der Waals surface area contributed by atoms with Gasteiger partial charge in [-0.2, -0.15) is 5.10 Å². The van der Waals surface area contributed by atoms with Crippen molar-refractivity contribution in [2.75, 3.05) is 0 Å². The molecule has 1 aliphatic carbocycles. The summed E-state index contributed by atoms with van der Waals surface area (Å²) in [6.45, 7) is 7.99. The van der Waals surface area contributed by atoms with Crippen molar-refractivity contribution in [3.63, 3.8) is 0 Å². The van der Waals surface area contributed by atoms with Crippen LogP contribution in [0.1, 0.15) is 33.5 Å². The predicted molar refractivity (Wildman–Crippen MR) is 228 cm³/mol. The summed E-state index contributed by atoms with van der Waals surface area (Å²) in [6, 6.07) is 58.2. The minimum absolute atomic E-state index is 0.463. The molecule has 10 aromatic rings. The fraction of sp³-hybridized carbons (Fsp3) is 0.0200. The number of benzene rings is 6. The number of aromatic nitrogens is 3. The van der Waals surface area contributed by atoms with Gasteiger partial charge in [0.15, 0.2) is 0 Å². The summed E-state index contributed by atoms with van der Waals surface area (Å²) in [7, 11) is 0. The van der Waals surface area contributed by atoms with Crippen molar-refractivity contribution in [3.05, 3.63) is 211 Å². The van der Waals surface area contributed by atoms with Crippen molar-refractivity contribution < 1.29 is 0 Å². The molecule has 0 saturated heterocycles. The van der Waals surface area contributed by atoms with Crippen molar-refractivity contribution >= 4 is 60.2 Å². The third kappa shape index (κ3) is 4.14. The normalized spacial score (nSPS) is 13.1. The molecule has 0 bridgehead atoms. The molecule has 0 amide bonds. The summed E-state index contributed by atoms with van der Waals surface area (Å²) in [5, 5.41) is 7.34. The summed E-state index contributed by atoms with van der Waals surface area (Å²) in [4.78, 5) is 0. The third-order valence-corrected chi connectivity index (χ3v) is 12.6. The topological polar surface area (TPSA) is 22.2 Å². The Morgan fingerprint density at radius 2 is 1.31 bits per heavy atom. The van der Waals surface area contributed by atoms with E-state index < -0.39 is 5.41 Å². The molecule has 0 unspecified atom stereocenters. The van der Waals surface area contributed by atoms with Crippen LogP contribution in [0.15, 0.2) is 177 Å². The number of hydrogen-bond acceptors (Lipinski definition) is 2. The first-order valence-electron chi connectivity index (χ1n) is 18.3. The lowest BCUT2D eigenvalue weighted by Gasteiger charge is -2.33. The van der Waals surface area contributed by atoms with E-state index in [2.05, 4.69) is 182 Å². The molecule has 0 saturated carbocycles. The molecule has 4 heterocycles. The Kier molecular flexibility index (Phi) is 6.64. The van der Waals surface area contributed by atoms with E-state index in [1.165, 1.54) is 64.6 Å². The molecule has 4 aromatic heterocycles. The minimum atomic E-state index is -0.463. The Morgan fingerprint density at radius 3 is 2.09 bits per heavy atom. The van der Waals surface area contributed by atoms with E-state index in [1.54, 1.807) is 6.08 Å². The summed E-state index contributed by atoms with van der Waals surface area (Å²) in [5.41, 5.74) is 15.9. The Bertz CT molecular complexity index is 3100. The molecule has 0 N–H and O–H groups in total. The average Bonchev–Trinajstić information content (AvgIpc) is 3.96. The highest BCUT2D eigenvalue weighted by Gasteiger charge is 2.46. The molecule has 6 aromatic carbocycles. The highest BCUT2D eigenvalue weighted by Crippen LogP contribution is 2.58. The molecule has 0 atom stereocenters. The molecule has 3 nitrogen and oxygen atoms in total. The van der Waals surface area contributed by atoms with Gasteiger partial charge in [-0.25, -0.2) is 4.52 Å². The number of nitrogens with zero attached hydrogens (tertiary/aromatic N) is 3. The molecular formula is C50H33N3S. The molecule has 54 heavy (non-hydrogen) atoms. The highest BCUT2D eigenvalue weighted by atomic mass is 32.1. The molecule has 0 radical (unpaired) electrons. The molecule has 11 rings (SSSR count). The van der Waals surface area contributed by atoms with E-state index in [0.717, 1.165) is 33.6 Å². The van der Waals surface area contributed by atoms with Gasteiger partial charge in [0.2, 0.25) is 0 Å². The first-order valence-corrected chi connectivity index (χ1v) is 19.1. The SMILES string of the molecule is C=Cc1nn2cc(-c3cccc(-n4c5cc6c(cc5c5sc7ccccc7c54)C(c4ccccc4)(c4ccccc4)c4ccccc4-6)c3)ccc2c1C=C. The number of pyridine rings is 1. The monoisotopic (exact) mass is 707 g/mol. The van der Waals surface area contributed by atoms with Gasteiger partial charge in [0, 0.05) is 38.5 Å². The fourth-order valence-corrected chi connectivity index (χ4v) is 10.3. The standard InChI is InChI=1S/C50H33N3S/c1-3-37-44(4-2)51-52-31-33(26-27-45(37)52)32-16-15-21-36(28-32)53-46-30-40-38-22-11-13-24-42(38)50(34-17-7-5-8-18-34,35-19-9-6-10-20-35)43(40)29-41(46)49-48(53)39-23-12-14-25-47(39)54-49/h3-31H,1-2H2. The van der Waals surface area contributed by atoms with E-state index in [1.807, 2.05) is 21.9 Å². The fourth-order valence-electron chi connectivity index (χ4n) is 9.11. The van der Waals surface area contributed by atoms with Gasteiger partial charge in [-0.05, 0) is 81.4 Å². The van der Waals surface area contributed by atoms with Crippen LogP contribution in [0.25, 0.3) is 76.8 Å². The van der Waals surface area contributed by atoms with Gasteiger partial charge in [0.05, 0.1) is 32.4 Å². The first kappa shape index (κ1) is 30.8. The summed E-state index contributed by atoms with van der Waals surface area (Å²) < 4.78 is 7.03. The molecule has 4 heteroatoms. The molecule has 0 spiro atoms. The molecule has 0 aliphatic heterocycles. The van der Waals surface area contributed by atoms with E-state index in [9.17, 15) is 0 Å². The van der Waals surface area contributed by atoms with E-state index in [4.69, 9.17) is 5.10 Å². The van der Waals surface area contributed by atoms with Crippen LogP contribution < -0.4 is 0 Å². The number of fused-ring (bicyclic) bond motifs is 9. The smallest absolute Gasteiger partial charge is 0.0927 e. The van der Waals surface area contributed by atoms with Gasteiger partial charge in [-0.3, -0.25) is 0 Å². The number of hydrogen-bond donors (Lipinski definition) is 0. The van der Waals surface area contributed by atoms with Gasteiger partial charge in [0.1, 0.15) is 0 Å². The molecule has 254 valence electrons. The maximum Gasteiger partial charge on any atom is 0.0927 e. The second kappa shape index (κ2) is 11.6. The van der Waals surface area contributed by atoms with Gasteiger partial charge in [-0.15, -0.1) is 11.3 Å². The lowest BCUT2D eigenvalue weighted by atomic mass is 9.67. The first-order chi connectivity index (χ1) is 26.7. The van der Waals surface area contributed by atoms with Crippen molar-refractivity contribution in [2.24, 2.45) is 0 Å². The quantitative estimate of drug-likeness (QED) is 0.169. The van der Waals surface area contributed by atoms with Crippen LogP contribution in [-0.4, -0.2) is 14.2 Å². The van der Waals surface area contributed by atoms with Gasteiger partial charge in [-0.1, -0.05) is 141 Å². The summed E-state index contributed by atoms with van der Waals surface area (Å²) in [6.07, 6.45) is 5.75. The van der Waals surface area contributed by atoms with Crippen LogP contribution in [0, 0.1) is 0 Å². The van der Waals surface area contributed by atoms with E-state index in [-0.39, 0.29) is 0 Å². The Balaban J connectivity index is 1.21. The van der Waals surface area contributed by atoms with E-state index >= 15 is 0 Å². The highest BCUT2D eigenvalue weighted by molar-refractivity contribution is 7.26. The zero-order valence-electron chi connectivity index (χ0n) is 29.4. The van der Waals surface area contributed by atoms with Crippen LogP contribution >= 0.6 is 11.3 Å². The van der Waals surface area contributed by atoms with Crippen molar-refractivity contribution in [1.82, 2.24) is 14.2 Å². The summed E-state index contributed by atoms with van der Waals surface area (Å²) >= 11 is 1.89. The second-order valence-electron chi connectivity index (χ2n) is 14.1. The van der Waals surface area contributed by atoms with Crippen LogP contribution in [0.3, 0.4) is 0 Å². The largest absolute Gasteiger partial charge is 0.308 e. The second-order valence-corrected chi connectivity index (χ2v) is 15.1. The Morgan fingerprint density at radius 1 is 0.574 bits per heavy atom. The van der Waals surface area contributed by atoms with Crippen molar-refractivity contribution in [3.8, 4) is 27.9 Å². The van der Waals surface area contributed by atoms with Gasteiger partial charge >= 0.3 is 0 Å². The maximum absolute atomic E-state index is 4.80. The molecular weight excluding hydrogens is 675 g/mol. The minimum Gasteiger partial charge on any atom is -0.308 e. The van der Waals surface area contributed by atoms with Gasteiger partial charge in [0.25, 0.3) is 0 Å². The zero-order valence-corrected chi connectivity index (χ0v) is 30.2. The van der Waals surface area contributed by atoms with Crippen molar-refractivity contribution in [2.45, 2.75) is 5.41 Å². The van der Waals surface area contributed by atoms with Crippen LogP contribution in [0.2, 0.25) is 0 Å². The van der Waals surface area contributed by atoms with Crippen molar-refractivity contribution in [1.29, 1.82) is 0 Å². The zero-order chi connectivity index (χ0) is 36.0. The maximum atomic E-state index is 4.80. The molecule has 0 fully saturated rings. The lowest BCUT2D eigenvalue weighted by Crippen LogP contribution is -2.28. The van der Waals surface area contributed by atoms with Crippen LogP contribution in [-0.2, 0) is 5.41 Å². The Hall–Kier alpha value is -6.75. The molecule has 1 aliphatic rings. The number of thiophene rings is 1. The predicted octanol–water partition coefficient (Wildman–Crippen LogP) is 13.0. The Labute approximate surface area is 317 Å². The third-order valence-electron chi connectivity index (χ3n) is 11.4. The van der Waals surface area contributed by atoms with Crippen LogP contribution in [0.5, 0.6) is 0 Å². The summed E-state index contributed by atoms with van der Waals surface area (Å²) in [5.74, 6) is 0.